The molecule has 1 saturated heterocycles. The van der Waals surface area contributed by atoms with Crippen molar-refractivity contribution in [3.8, 4) is 22.9 Å². The number of nitriles is 1. The van der Waals surface area contributed by atoms with E-state index >= 15 is 0 Å². The minimum absolute atomic E-state index is 0.0457. The highest BCUT2D eigenvalue weighted by atomic mass is 16.5. The number of nitrogens with zero attached hydrogens (tertiary/aromatic N) is 8. The number of pyridine rings is 1. The van der Waals surface area contributed by atoms with Crippen molar-refractivity contribution in [1.29, 1.82) is 5.26 Å². The second-order valence-corrected chi connectivity index (χ2v) is 11.7. The van der Waals surface area contributed by atoms with E-state index in [1.54, 1.807) is 29.4 Å². The molecular formula is C33H38N8O3. The van der Waals surface area contributed by atoms with E-state index in [-0.39, 0.29) is 11.5 Å². The largest absolute Gasteiger partial charge is 0.492 e. The molecule has 0 N–H and O–H groups in total. The quantitative estimate of drug-likeness (QED) is 0.335. The van der Waals surface area contributed by atoms with E-state index in [1.165, 1.54) is 0 Å². The Balaban J connectivity index is 1.38. The van der Waals surface area contributed by atoms with E-state index < -0.39 is 0 Å². The van der Waals surface area contributed by atoms with Crippen LogP contribution in [0.15, 0.2) is 47.5 Å². The van der Waals surface area contributed by atoms with E-state index in [1.807, 2.05) is 43.3 Å². The van der Waals surface area contributed by atoms with Gasteiger partial charge in [0.15, 0.2) is 0 Å². The first-order valence-electron chi connectivity index (χ1n) is 15.0. The summed E-state index contributed by atoms with van der Waals surface area (Å²) >= 11 is 0. The second kappa shape index (κ2) is 11.7. The molecule has 2 aliphatic rings. The summed E-state index contributed by atoms with van der Waals surface area (Å²) in [6.07, 6.45) is 3.70. The lowest BCUT2D eigenvalue weighted by Gasteiger charge is -2.38. The fourth-order valence-electron chi connectivity index (χ4n) is 6.29. The molecule has 0 radical (unpaired) electrons. The number of likely N-dealkylation sites (N-methyl/N-ethyl adjacent to an activating group) is 1. The van der Waals surface area contributed by atoms with Gasteiger partial charge >= 0.3 is 0 Å². The number of rotatable bonds is 6. The van der Waals surface area contributed by atoms with Gasteiger partial charge in [-0.25, -0.2) is 0 Å². The van der Waals surface area contributed by atoms with Crippen molar-refractivity contribution in [1.82, 2.24) is 24.1 Å². The summed E-state index contributed by atoms with van der Waals surface area (Å²) in [6, 6.07) is 12.4. The topological polar surface area (TPSA) is 103 Å². The van der Waals surface area contributed by atoms with E-state index in [2.05, 4.69) is 45.0 Å². The zero-order valence-electron chi connectivity index (χ0n) is 26.0. The first-order chi connectivity index (χ1) is 21.1. The number of carbonyl (C=O) groups excluding carboxylic acids is 1. The van der Waals surface area contributed by atoms with Crippen molar-refractivity contribution < 1.29 is 9.53 Å². The molecule has 0 unspecified atom stereocenters. The summed E-state index contributed by atoms with van der Waals surface area (Å²) in [7, 11) is 5.73. The molecule has 4 aromatic rings. The predicted molar refractivity (Wildman–Crippen MR) is 172 cm³/mol. The van der Waals surface area contributed by atoms with Gasteiger partial charge in [-0.05, 0) is 25.1 Å². The van der Waals surface area contributed by atoms with Gasteiger partial charge in [0, 0.05) is 114 Å². The lowest BCUT2D eigenvalue weighted by molar-refractivity contribution is -0.130. The number of benzene rings is 2. The van der Waals surface area contributed by atoms with Crippen LogP contribution in [0.2, 0.25) is 0 Å². The van der Waals surface area contributed by atoms with Crippen molar-refractivity contribution in [2.24, 2.45) is 14.1 Å². The maximum atomic E-state index is 13.0. The van der Waals surface area contributed by atoms with Crippen molar-refractivity contribution in [3.05, 3.63) is 64.2 Å². The number of fused-ring (bicyclic) bond motifs is 2. The smallest absolute Gasteiger partial charge is 0.253 e. The summed E-state index contributed by atoms with van der Waals surface area (Å²) in [6.45, 7) is 9.25. The first kappa shape index (κ1) is 29.3. The molecule has 2 aromatic heterocycles. The molecule has 0 aliphatic carbocycles. The molecule has 2 aromatic carbocycles. The molecule has 0 saturated carbocycles. The molecule has 0 bridgehead atoms. The van der Waals surface area contributed by atoms with Crippen LogP contribution in [0.25, 0.3) is 22.0 Å². The Bertz CT molecular complexity index is 1840. The van der Waals surface area contributed by atoms with Crippen molar-refractivity contribution >= 4 is 33.9 Å². The molecule has 0 spiro atoms. The monoisotopic (exact) mass is 594 g/mol. The first-order valence-corrected chi connectivity index (χ1v) is 15.0. The number of hydrogen-bond donors (Lipinski definition) is 0. The van der Waals surface area contributed by atoms with Crippen LogP contribution < -0.4 is 20.1 Å². The van der Waals surface area contributed by atoms with E-state index in [0.717, 1.165) is 78.4 Å². The van der Waals surface area contributed by atoms with E-state index in [9.17, 15) is 14.9 Å². The Morgan fingerprint density at radius 1 is 0.977 bits per heavy atom. The summed E-state index contributed by atoms with van der Waals surface area (Å²) in [5.74, 6) is 0.799. The number of anilines is 3. The third kappa shape index (κ3) is 5.37. The molecule has 1 fully saturated rings. The number of amides is 1. The van der Waals surface area contributed by atoms with Crippen LogP contribution >= 0.6 is 0 Å². The SMILES string of the molecule is CC(=O)N1CCN(CCOc2cc(N3CCN(C)c4cc(-c5cnn(C)c5)c(C#N)cc43)c3cc(C)c(=O)n(C)c3c2)CC1. The van der Waals surface area contributed by atoms with E-state index in [0.29, 0.717) is 30.0 Å². The Morgan fingerprint density at radius 3 is 2.43 bits per heavy atom. The summed E-state index contributed by atoms with van der Waals surface area (Å²) in [5, 5.41) is 15.4. The van der Waals surface area contributed by atoms with Crippen molar-refractivity contribution in [2.75, 3.05) is 69.3 Å². The van der Waals surface area contributed by atoms with Crippen LogP contribution in [-0.2, 0) is 18.9 Å². The molecule has 6 rings (SSSR count). The number of carbonyl (C=O) groups is 1. The maximum absolute atomic E-state index is 13.0. The third-order valence-corrected chi connectivity index (χ3v) is 8.87. The summed E-state index contributed by atoms with van der Waals surface area (Å²) < 4.78 is 9.77. The van der Waals surface area contributed by atoms with Gasteiger partial charge in [-0.2, -0.15) is 10.4 Å². The van der Waals surface area contributed by atoms with Crippen LogP contribution in [0.4, 0.5) is 17.1 Å². The predicted octanol–water partition coefficient (Wildman–Crippen LogP) is 3.25. The molecule has 2 aliphatic heterocycles. The molecule has 11 nitrogen and oxygen atoms in total. The lowest BCUT2D eigenvalue weighted by Crippen LogP contribution is -2.48. The van der Waals surface area contributed by atoms with Crippen molar-refractivity contribution in [2.45, 2.75) is 13.8 Å². The van der Waals surface area contributed by atoms with Gasteiger partial charge < -0.3 is 24.0 Å². The number of piperazine rings is 1. The third-order valence-electron chi connectivity index (χ3n) is 8.87. The van der Waals surface area contributed by atoms with Crippen LogP contribution in [0.5, 0.6) is 5.75 Å². The fraction of sp³-hybridized carbons (Fsp3) is 0.394. The maximum Gasteiger partial charge on any atom is 0.253 e. The van der Waals surface area contributed by atoms with Gasteiger partial charge in [-0.3, -0.25) is 19.2 Å². The number of ether oxygens (including phenoxy) is 1. The van der Waals surface area contributed by atoms with Crippen LogP contribution in [0.1, 0.15) is 18.1 Å². The zero-order chi connectivity index (χ0) is 31.1. The standard InChI is InChI=1S/C33H38N8O3/c1-22-14-28-29(38(5)33(22)43)16-26(44-13-12-39-7-9-40(10-8-39)23(2)42)17-30(28)41-11-6-36(3)31-18-27(24(19-34)15-32(31)41)25-20-35-37(4)21-25/h14-18,20-21H,6-13H2,1-5H3. The summed E-state index contributed by atoms with van der Waals surface area (Å²) in [4.78, 5) is 33.3. The van der Waals surface area contributed by atoms with E-state index in [4.69, 9.17) is 4.74 Å². The van der Waals surface area contributed by atoms with Crippen LogP contribution in [0.3, 0.4) is 0 Å². The average molecular weight is 595 g/mol. The Hall–Kier alpha value is -4.82. The molecule has 4 heterocycles. The molecule has 44 heavy (non-hydrogen) atoms. The molecule has 1 amide bonds. The Morgan fingerprint density at radius 2 is 1.75 bits per heavy atom. The fourth-order valence-corrected chi connectivity index (χ4v) is 6.29. The molecule has 0 atom stereocenters. The lowest BCUT2D eigenvalue weighted by atomic mass is 9.98. The number of hydrogen-bond acceptors (Lipinski definition) is 8. The van der Waals surface area contributed by atoms with Gasteiger partial charge in [-0.1, -0.05) is 0 Å². The number of aryl methyl sites for hydroxylation is 3. The minimum Gasteiger partial charge on any atom is -0.492 e. The normalized spacial score (nSPS) is 15.4. The zero-order valence-corrected chi connectivity index (χ0v) is 26.0. The average Bonchev–Trinajstić information content (AvgIpc) is 3.46. The van der Waals surface area contributed by atoms with Gasteiger partial charge in [0.1, 0.15) is 12.4 Å². The van der Waals surface area contributed by atoms with Crippen molar-refractivity contribution in [3.63, 3.8) is 0 Å². The van der Waals surface area contributed by atoms with Crippen LogP contribution in [-0.4, -0.2) is 89.5 Å². The Labute approximate surface area is 257 Å². The van der Waals surface area contributed by atoms with Gasteiger partial charge in [-0.15, -0.1) is 0 Å². The highest BCUT2D eigenvalue weighted by Crippen LogP contribution is 2.44. The molecule has 228 valence electrons. The van der Waals surface area contributed by atoms with Crippen LogP contribution in [0, 0.1) is 18.3 Å². The second-order valence-electron chi connectivity index (χ2n) is 11.7. The molecular weight excluding hydrogens is 556 g/mol. The molecule has 11 heteroatoms. The summed E-state index contributed by atoms with van der Waals surface area (Å²) in [5.41, 5.74) is 6.59. The van der Waals surface area contributed by atoms with Gasteiger partial charge in [0.2, 0.25) is 5.91 Å². The highest BCUT2D eigenvalue weighted by molar-refractivity contribution is 5.98. The van der Waals surface area contributed by atoms with Gasteiger partial charge in [0.25, 0.3) is 5.56 Å². The Kier molecular flexibility index (Phi) is 7.78. The number of aromatic nitrogens is 3. The van der Waals surface area contributed by atoms with Gasteiger partial charge in [0.05, 0.1) is 40.4 Å². The minimum atomic E-state index is -0.0457. The highest BCUT2D eigenvalue weighted by Gasteiger charge is 2.27.